The van der Waals surface area contributed by atoms with E-state index in [2.05, 4.69) is 59.0 Å². The maximum absolute atomic E-state index is 10.5. The van der Waals surface area contributed by atoms with Crippen molar-refractivity contribution in [2.75, 3.05) is 60.0 Å². The monoisotopic (exact) mass is 427 g/mol. The molecule has 0 aliphatic carbocycles. The normalized spacial score (nSPS) is 16.4. The number of methoxy groups -OCH3 is 1. The Hall–Kier alpha value is -2.12. The van der Waals surface area contributed by atoms with Gasteiger partial charge in [0.05, 0.1) is 7.11 Å². The second-order valence-corrected chi connectivity index (χ2v) is 8.34. The summed E-state index contributed by atoms with van der Waals surface area (Å²) in [7, 11) is 3.78. The lowest BCUT2D eigenvalue weighted by Crippen LogP contribution is -2.47. The topological polar surface area (TPSA) is 48.4 Å². The average Bonchev–Trinajstić information content (AvgIpc) is 2.79. The van der Waals surface area contributed by atoms with E-state index in [1.165, 1.54) is 11.1 Å². The fourth-order valence-corrected chi connectivity index (χ4v) is 3.88. The maximum Gasteiger partial charge on any atom is 0.161 e. The van der Waals surface area contributed by atoms with Gasteiger partial charge in [-0.05, 0) is 36.9 Å². The van der Waals surface area contributed by atoms with Crippen molar-refractivity contribution in [1.29, 1.82) is 0 Å². The van der Waals surface area contributed by atoms with Gasteiger partial charge in [0.1, 0.15) is 12.7 Å². The van der Waals surface area contributed by atoms with Crippen molar-refractivity contribution in [3.63, 3.8) is 0 Å². The summed E-state index contributed by atoms with van der Waals surface area (Å²) in [6.45, 7) is 9.82. The summed E-state index contributed by atoms with van der Waals surface area (Å²) in [6.07, 6.45) is -0.526. The Morgan fingerprint density at radius 1 is 0.968 bits per heavy atom. The molecule has 0 radical (unpaired) electrons. The Morgan fingerprint density at radius 3 is 2.35 bits per heavy atom. The van der Waals surface area contributed by atoms with E-state index in [-0.39, 0.29) is 6.61 Å². The minimum absolute atomic E-state index is 0.258. The zero-order valence-electron chi connectivity index (χ0n) is 19.2. The minimum Gasteiger partial charge on any atom is -0.493 e. The van der Waals surface area contributed by atoms with Crippen molar-refractivity contribution in [2.24, 2.45) is 0 Å². The van der Waals surface area contributed by atoms with E-state index in [0.717, 1.165) is 45.8 Å². The van der Waals surface area contributed by atoms with Crippen molar-refractivity contribution in [3.8, 4) is 11.5 Å². The molecule has 6 nitrogen and oxygen atoms in total. The molecular formula is C25H37N3O3. The fourth-order valence-electron chi connectivity index (χ4n) is 3.88. The van der Waals surface area contributed by atoms with Gasteiger partial charge in [0.15, 0.2) is 11.5 Å². The van der Waals surface area contributed by atoms with Crippen LogP contribution in [0.15, 0.2) is 48.5 Å². The van der Waals surface area contributed by atoms with Gasteiger partial charge in [0.2, 0.25) is 0 Å². The second kappa shape index (κ2) is 12.1. The molecule has 0 spiro atoms. The quantitative estimate of drug-likeness (QED) is 0.595. The van der Waals surface area contributed by atoms with E-state index >= 15 is 0 Å². The summed E-state index contributed by atoms with van der Waals surface area (Å²) in [4.78, 5) is 7.00. The first kappa shape index (κ1) is 23.5. The number of hydrogen-bond acceptors (Lipinski definition) is 6. The molecule has 0 amide bonds. The largest absolute Gasteiger partial charge is 0.493 e. The number of benzene rings is 2. The zero-order valence-corrected chi connectivity index (χ0v) is 19.2. The summed E-state index contributed by atoms with van der Waals surface area (Å²) in [5, 5.41) is 10.5. The number of ether oxygens (including phenoxy) is 2. The van der Waals surface area contributed by atoms with Crippen LogP contribution in [-0.4, -0.2) is 85.9 Å². The number of hydrogen-bond donors (Lipinski definition) is 1. The van der Waals surface area contributed by atoms with E-state index in [1.54, 1.807) is 7.11 Å². The third-order valence-electron chi connectivity index (χ3n) is 5.83. The lowest BCUT2D eigenvalue weighted by molar-refractivity contribution is 0.0497. The molecule has 1 saturated heterocycles. The molecule has 6 heteroatoms. The fraction of sp³-hybridized carbons (Fsp3) is 0.520. The molecule has 170 valence electrons. The predicted octanol–water partition coefficient (Wildman–Crippen LogP) is 2.70. The highest BCUT2D eigenvalue weighted by atomic mass is 16.5. The smallest absolute Gasteiger partial charge is 0.161 e. The SMILES string of the molecule is CCN(Cc1ccccc1)Cc1ccc(OC)c(OC[C@H](O)CN2CCN(C)CC2)c1. The number of β-amino-alcohol motifs (C(OH)–C–C–N with tert-alkyl or cyclic N) is 1. The molecule has 1 N–H and O–H groups in total. The molecule has 3 rings (SSSR count). The molecule has 0 aromatic heterocycles. The van der Waals surface area contributed by atoms with Gasteiger partial charge in [0.25, 0.3) is 0 Å². The molecule has 0 unspecified atom stereocenters. The molecule has 1 fully saturated rings. The van der Waals surface area contributed by atoms with Crippen molar-refractivity contribution in [2.45, 2.75) is 26.1 Å². The molecule has 1 heterocycles. The lowest BCUT2D eigenvalue weighted by Gasteiger charge is -2.33. The van der Waals surface area contributed by atoms with Gasteiger partial charge in [-0.2, -0.15) is 0 Å². The molecule has 0 bridgehead atoms. The molecule has 1 aliphatic heterocycles. The van der Waals surface area contributed by atoms with Crippen molar-refractivity contribution >= 4 is 0 Å². The van der Waals surface area contributed by atoms with Crippen LogP contribution >= 0.6 is 0 Å². The minimum atomic E-state index is -0.526. The number of aliphatic hydroxyl groups excluding tert-OH is 1. The van der Waals surface area contributed by atoms with E-state index in [4.69, 9.17) is 9.47 Å². The van der Waals surface area contributed by atoms with Crippen LogP contribution in [0.1, 0.15) is 18.1 Å². The number of nitrogens with zero attached hydrogens (tertiary/aromatic N) is 3. The number of piperazine rings is 1. The lowest BCUT2D eigenvalue weighted by atomic mass is 10.1. The van der Waals surface area contributed by atoms with Crippen molar-refractivity contribution in [1.82, 2.24) is 14.7 Å². The van der Waals surface area contributed by atoms with Crippen LogP contribution in [0.3, 0.4) is 0 Å². The Labute approximate surface area is 187 Å². The van der Waals surface area contributed by atoms with Gasteiger partial charge in [-0.3, -0.25) is 9.80 Å². The molecule has 2 aromatic rings. The summed E-state index contributed by atoms with van der Waals surface area (Å²) >= 11 is 0. The van der Waals surface area contributed by atoms with Gasteiger partial charge >= 0.3 is 0 Å². The second-order valence-electron chi connectivity index (χ2n) is 8.34. The summed E-state index contributed by atoms with van der Waals surface area (Å²) in [5.41, 5.74) is 2.48. The summed E-state index contributed by atoms with van der Waals surface area (Å²) in [5.74, 6) is 1.38. The number of aliphatic hydroxyl groups is 1. The standard InChI is InChI=1S/C25H37N3O3/c1-4-27(17-21-8-6-5-7-9-21)18-22-10-11-24(30-3)25(16-22)31-20-23(29)19-28-14-12-26(2)13-15-28/h5-11,16,23,29H,4,12-15,17-20H2,1-3H3/t23-/m1/s1. The van der Waals surface area contributed by atoms with E-state index < -0.39 is 6.10 Å². The van der Waals surface area contributed by atoms with Crippen molar-refractivity contribution < 1.29 is 14.6 Å². The van der Waals surface area contributed by atoms with Gasteiger partial charge in [-0.25, -0.2) is 0 Å². The van der Waals surface area contributed by atoms with Crippen LogP contribution in [0.25, 0.3) is 0 Å². The zero-order chi connectivity index (χ0) is 22.1. The average molecular weight is 428 g/mol. The maximum atomic E-state index is 10.5. The first-order valence-electron chi connectivity index (χ1n) is 11.2. The first-order valence-corrected chi connectivity index (χ1v) is 11.2. The Balaban J connectivity index is 1.56. The van der Waals surface area contributed by atoms with Crippen LogP contribution in [0.2, 0.25) is 0 Å². The molecule has 2 aromatic carbocycles. The molecular weight excluding hydrogens is 390 g/mol. The Kier molecular flexibility index (Phi) is 9.15. The van der Waals surface area contributed by atoms with Crippen LogP contribution in [0.4, 0.5) is 0 Å². The predicted molar refractivity (Wildman–Crippen MR) is 125 cm³/mol. The first-order chi connectivity index (χ1) is 15.1. The Morgan fingerprint density at radius 2 is 1.68 bits per heavy atom. The van der Waals surface area contributed by atoms with Gasteiger partial charge in [-0.15, -0.1) is 0 Å². The van der Waals surface area contributed by atoms with Crippen LogP contribution in [-0.2, 0) is 13.1 Å². The summed E-state index contributed by atoms with van der Waals surface area (Å²) in [6, 6.07) is 16.6. The van der Waals surface area contributed by atoms with E-state index in [1.807, 2.05) is 18.2 Å². The highest BCUT2D eigenvalue weighted by Gasteiger charge is 2.18. The molecule has 31 heavy (non-hydrogen) atoms. The summed E-state index contributed by atoms with van der Waals surface area (Å²) < 4.78 is 11.5. The molecule has 1 atom stereocenters. The van der Waals surface area contributed by atoms with Crippen LogP contribution in [0.5, 0.6) is 11.5 Å². The Bertz CT molecular complexity index is 779. The third kappa shape index (κ3) is 7.51. The van der Waals surface area contributed by atoms with Gasteiger partial charge in [-0.1, -0.05) is 43.3 Å². The van der Waals surface area contributed by atoms with Gasteiger partial charge < -0.3 is 19.5 Å². The van der Waals surface area contributed by atoms with Crippen LogP contribution < -0.4 is 9.47 Å². The van der Waals surface area contributed by atoms with E-state index in [0.29, 0.717) is 18.0 Å². The highest BCUT2D eigenvalue weighted by Crippen LogP contribution is 2.29. The molecule has 0 saturated carbocycles. The number of rotatable bonds is 11. The van der Waals surface area contributed by atoms with Crippen molar-refractivity contribution in [3.05, 3.63) is 59.7 Å². The number of likely N-dealkylation sites (N-methyl/N-ethyl adjacent to an activating group) is 1. The third-order valence-corrected chi connectivity index (χ3v) is 5.83. The van der Waals surface area contributed by atoms with E-state index in [9.17, 15) is 5.11 Å². The highest BCUT2D eigenvalue weighted by molar-refractivity contribution is 5.43. The van der Waals surface area contributed by atoms with Crippen LogP contribution in [0, 0.1) is 0 Å². The van der Waals surface area contributed by atoms with Gasteiger partial charge in [0, 0.05) is 45.8 Å². The molecule has 1 aliphatic rings.